The summed E-state index contributed by atoms with van der Waals surface area (Å²) >= 11 is 1.73. The molecule has 0 aliphatic carbocycles. The Morgan fingerprint density at radius 3 is 1.71 bits per heavy atom. The van der Waals surface area contributed by atoms with E-state index in [0.717, 1.165) is 71.4 Å². The van der Waals surface area contributed by atoms with Crippen molar-refractivity contribution in [3.63, 3.8) is 0 Å². The molecule has 0 amide bonds. The van der Waals surface area contributed by atoms with Gasteiger partial charge in [-0.1, -0.05) is 145 Å². The third-order valence-electron chi connectivity index (χ3n) is 9.59. The maximum atomic E-state index is 5.19. The van der Waals surface area contributed by atoms with Crippen LogP contribution < -0.4 is 0 Å². The van der Waals surface area contributed by atoms with Gasteiger partial charge in [-0.15, -0.1) is 35.6 Å². The molecule has 56 heavy (non-hydrogen) atoms. The minimum Gasteiger partial charge on any atom is -0.266 e. The van der Waals surface area contributed by atoms with Gasteiger partial charge < -0.3 is 0 Å². The topological polar surface area (TPSA) is 64.5 Å². The molecule has 10 rings (SSSR count). The summed E-state index contributed by atoms with van der Waals surface area (Å²) in [5, 5.41) is 1.12. The van der Waals surface area contributed by atoms with E-state index in [-0.39, 0.29) is 31.1 Å². The van der Waals surface area contributed by atoms with Crippen LogP contribution in [-0.4, -0.2) is 24.9 Å². The maximum absolute atomic E-state index is 5.19. The molecule has 7 aromatic carbocycles. The van der Waals surface area contributed by atoms with Crippen molar-refractivity contribution in [3.05, 3.63) is 188 Å². The molecule has 0 atom stereocenters. The predicted molar refractivity (Wildman–Crippen MR) is 224 cm³/mol. The van der Waals surface area contributed by atoms with Crippen molar-refractivity contribution >= 4 is 31.6 Å². The summed E-state index contributed by atoms with van der Waals surface area (Å²) in [5.74, 6) is 2.35. The minimum absolute atomic E-state index is 0. The second-order valence-corrected chi connectivity index (χ2v) is 14.1. The Bertz CT molecular complexity index is 2970. The first-order chi connectivity index (χ1) is 27.2. The first-order valence-corrected chi connectivity index (χ1v) is 18.8. The molecule has 0 radical (unpaired) electrons. The van der Waals surface area contributed by atoms with Crippen molar-refractivity contribution in [2.45, 2.75) is 0 Å². The number of thiophene rings is 1. The largest absolute Gasteiger partial charge is 2.00 e. The van der Waals surface area contributed by atoms with Crippen LogP contribution in [0.15, 0.2) is 176 Å². The minimum atomic E-state index is 0. The van der Waals surface area contributed by atoms with E-state index in [1.165, 1.54) is 4.70 Å². The summed E-state index contributed by atoms with van der Waals surface area (Å²) < 4.78 is 2.25. The Morgan fingerprint density at radius 2 is 0.982 bits per heavy atom. The quantitative estimate of drug-likeness (QED) is 0.149. The average Bonchev–Trinajstić information content (AvgIpc) is 3.66. The number of hydrogen-bond acceptors (Lipinski definition) is 6. The Kier molecular flexibility index (Phi) is 9.89. The number of nitrogens with zero attached hydrogens (tertiary/aromatic N) is 5. The molecule has 260 valence electrons. The zero-order valence-corrected chi connectivity index (χ0v) is 34.9. The van der Waals surface area contributed by atoms with Gasteiger partial charge in [0, 0.05) is 26.8 Å². The fraction of sp³-hybridized carbons (Fsp3) is 0. The third kappa shape index (κ3) is 6.86. The summed E-state index contributed by atoms with van der Waals surface area (Å²) in [6.45, 7) is 0. The van der Waals surface area contributed by atoms with E-state index < -0.39 is 0 Å². The third-order valence-corrected chi connectivity index (χ3v) is 10.8. The van der Waals surface area contributed by atoms with Crippen LogP contribution in [0.4, 0.5) is 0 Å². The van der Waals surface area contributed by atoms with Crippen LogP contribution in [0.3, 0.4) is 0 Å². The van der Waals surface area contributed by atoms with Crippen molar-refractivity contribution in [1.82, 2.24) is 24.9 Å². The van der Waals surface area contributed by atoms with Gasteiger partial charge in [0.1, 0.15) is 5.82 Å². The molecule has 0 fully saturated rings. The van der Waals surface area contributed by atoms with Crippen molar-refractivity contribution in [1.29, 1.82) is 0 Å². The van der Waals surface area contributed by atoms with E-state index in [1.54, 1.807) is 11.3 Å². The number of benzene rings is 7. The van der Waals surface area contributed by atoms with Crippen molar-refractivity contribution in [3.8, 4) is 79.1 Å². The number of aromatic nitrogens is 5. The number of rotatable bonds is 7. The summed E-state index contributed by atoms with van der Waals surface area (Å²) in [5.41, 5.74) is 10.3. The van der Waals surface area contributed by atoms with Gasteiger partial charge in [-0.05, 0) is 17.2 Å². The summed E-state index contributed by atoms with van der Waals surface area (Å²) in [4.78, 5) is 25.5. The molecule has 0 saturated heterocycles. The molecule has 0 saturated carbocycles. The van der Waals surface area contributed by atoms with Crippen molar-refractivity contribution in [2.75, 3.05) is 0 Å². The molecule has 3 aromatic heterocycles. The van der Waals surface area contributed by atoms with Crippen LogP contribution in [0, 0.1) is 43.2 Å². The molecule has 0 bridgehead atoms. The molecule has 5 nitrogen and oxygen atoms in total. The van der Waals surface area contributed by atoms with Gasteiger partial charge in [-0.3, -0.25) is 9.97 Å². The molecular formula is C49H29N5SU. The molecule has 10 aromatic rings. The van der Waals surface area contributed by atoms with Gasteiger partial charge in [0.05, 0.1) is 21.7 Å². The Labute approximate surface area is 352 Å². The molecule has 0 N–H and O–H groups in total. The zero-order valence-electron chi connectivity index (χ0n) is 29.9. The smallest absolute Gasteiger partial charge is 0.266 e. The van der Waals surface area contributed by atoms with E-state index in [2.05, 4.69) is 84.9 Å². The van der Waals surface area contributed by atoms with Gasteiger partial charge in [0.2, 0.25) is 0 Å². The van der Waals surface area contributed by atoms with Crippen LogP contribution in [-0.2, 0) is 0 Å². The van der Waals surface area contributed by atoms with Crippen LogP contribution in [0.2, 0.25) is 0 Å². The molecule has 0 spiro atoms. The van der Waals surface area contributed by atoms with Gasteiger partial charge in [-0.2, -0.15) is 35.4 Å². The first-order valence-electron chi connectivity index (χ1n) is 18.0. The molecule has 3 heterocycles. The van der Waals surface area contributed by atoms with E-state index in [1.807, 2.05) is 103 Å². The number of fused-ring (bicyclic) bond motifs is 3. The van der Waals surface area contributed by atoms with Gasteiger partial charge >= 0.3 is 31.1 Å². The Balaban J connectivity index is 0.00000410. The SMILES string of the molecule is [U+2].[c-]1c(-c2nc(-c3ccccc3)c3sc4ccccc4c3n2)cccc1-c1[c-]cccc1-c1nc(-c2ccccc2)nc(-c2ccc(-c3ccccc3)cc2)n1. The van der Waals surface area contributed by atoms with Gasteiger partial charge in [-0.25, -0.2) is 15.0 Å². The van der Waals surface area contributed by atoms with Gasteiger partial charge in [0.25, 0.3) is 0 Å². The monoisotopic (exact) mass is 957 g/mol. The molecule has 0 aliphatic heterocycles. The molecule has 0 aliphatic rings. The maximum Gasteiger partial charge on any atom is 2.00 e. The molecular weight excluding hydrogens is 929 g/mol. The summed E-state index contributed by atoms with van der Waals surface area (Å²) in [6.07, 6.45) is 0. The zero-order chi connectivity index (χ0) is 36.6. The van der Waals surface area contributed by atoms with Crippen molar-refractivity contribution in [2.24, 2.45) is 0 Å². The van der Waals surface area contributed by atoms with Crippen molar-refractivity contribution < 1.29 is 31.1 Å². The van der Waals surface area contributed by atoms with E-state index >= 15 is 0 Å². The molecule has 7 heteroatoms. The Hall–Kier alpha value is -6.10. The standard InChI is InChI=1S/C49H29N5S.U/c1-4-15-32(16-5-1)33-27-29-36(30-28-33)47-52-46(35-19-8-3-9-20-35)53-49(54-47)40-24-11-10-23-39(40)37-21-14-22-38(31-37)48-50-43(34-17-6-2-7-18-34)45-44(51-48)41-25-12-13-26-42(41)55-45;/h1-22,24-30H;/q-2;+2. The second-order valence-electron chi connectivity index (χ2n) is 13.1. The fourth-order valence-electron chi connectivity index (χ4n) is 6.88. The van der Waals surface area contributed by atoms with E-state index in [9.17, 15) is 0 Å². The Morgan fingerprint density at radius 1 is 0.411 bits per heavy atom. The van der Waals surface area contributed by atoms with Crippen LogP contribution >= 0.6 is 11.3 Å². The predicted octanol–water partition coefficient (Wildman–Crippen LogP) is 12.3. The van der Waals surface area contributed by atoms with E-state index in [0.29, 0.717) is 23.3 Å². The first kappa shape index (κ1) is 35.6. The summed E-state index contributed by atoms with van der Waals surface area (Å²) in [7, 11) is 0. The average molecular weight is 958 g/mol. The normalized spacial score (nSPS) is 11.1. The number of hydrogen-bond donors (Lipinski definition) is 0. The summed E-state index contributed by atoms with van der Waals surface area (Å²) in [6, 6.07) is 66.6. The van der Waals surface area contributed by atoms with E-state index in [4.69, 9.17) is 24.9 Å². The fourth-order valence-corrected chi connectivity index (χ4v) is 8.03. The van der Waals surface area contributed by atoms with Crippen LogP contribution in [0.5, 0.6) is 0 Å². The molecule has 0 unspecified atom stereocenters. The second kappa shape index (κ2) is 15.6. The van der Waals surface area contributed by atoms with Crippen LogP contribution in [0.1, 0.15) is 0 Å². The van der Waals surface area contributed by atoms with Crippen LogP contribution in [0.25, 0.3) is 99.4 Å². The van der Waals surface area contributed by atoms with Gasteiger partial charge in [0.15, 0.2) is 11.6 Å².